The molecule has 18 heavy (non-hydrogen) atoms. The number of nitrogens with zero attached hydrogens (tertiary/aromatic N) is 1. The van der Waals surface area contributed by atoms with E-state index in [4.69, 9.17) is 11.6 Å². The second-order valence-electron chi connectivity index (χ2n) is 5.46. The van der Waals surface area contributed by atoms with Gasteiger partial charge < -0.3 is 5.32 Å². The van der Waals surface area contributed by atoms with Crippen LogP contribution in [0.2, 0.25) is 0 Å². The molecule has 1 aliphatic rings. The van der Waals surface area contributed by atoms with Gasteiger partial charge in [0.1, 0.15) is 0 Å². The van der Waals surface area contributed by atoms with Gasteiger partial charge in [0, 0.05) is 11.6 Å². The van der Waals surface area contributed by atoms with Crippen molar-refractivity contribution in [2.45, 2.75) is 45.1 Å². The van der Waals surface area contributed by atoms with E-state index < -0.39 is 0 Å². The van der Waals surface area contributed by atoms with Crippen LogP contribution in [-0.2, 0) is 0 Å². The minimum atomic E-state index is -0.241. The quantitative estimate of drug-likeness (QED) is 0.829. The third-order valence-electron chi connectivity index (χ3n) is 3.94. The number of carbonyl (C=O) groups is 1. The Labute approximate surface area is 112 Å². The number of alkyl halides is 1. The van der Waals surface area contributed by atoms with Gasteiger partial charge in [0.15, 0.2) is 0 Å². The molecule has 2 rings (SSSR count). The Morgan fingerprint density at radius 1 is 1.61 bits per heavy atom. The lowest BCUT2D eigenvalue weighted by Gasteiger charge is -2.38. The Hall–Kier alpha value is -1.03. The van der Waals surface area contributed by atoms with E-state index in [-0.39, 0.29) is 11.4 Å². The summed E-state index contributed by atoms with van der Waals surface area (Å²) in [6, 6.07) is 0. The van der Waals surface area contributed by atoms with Crippen molar-refractivity contribution in [2.75, 3.05) is 5.88 Å². The molecule has 1 aromatic rings. The Morgan fingerprint density at radius 2 is 2.28 bits per heavy atom. The van der Waals surface area contributed by atoms with Crippen molar-refractivity contribution < 1.29 is 4.79 Å². The van der Waals surface area contributed by atoms with Gasteiger partial charge in [-0.2, -0.15) is 5.10 Å². The highest BCUT2D eigenvalue weighted by Crippen LogP contribution is 2.33. The largest absolute Gasteiger partial charge is 0.345 e. The van der Waals surface area contributed by atoms with E-state index in [1.54, 1.807) is 6.20 Å². The predicted molar refractivity (Wildman–Crippen MR) is 71.9 cm³/mol. The van der Waals surface area contributed by atoms with Crippen LogP contribution in [0.25, 0.3) is 0 Å². The number of aromatic amines is 1. The third kappa shape index (κ3) is 2.69. The summed E-state index contributed by atoms with van der Waals surface area (Å²) in [7, 11) is 0. The summed E-state index contributed by atoms with van der Waals surface area (Å²) in [5.74, 6) is 1.13. The molecule has 1 heterocycles. The molecule has 1 aromatic heterocycles. The van der Waals surface area contributed by atoms with Gasteiger partial charge in [-0.15, -0.1) is 11.6 Å². The molecule has 0 radical (unpaired) electrons. The minimum absolute atomic E-state index is 0.0727. The second kappa shape index (κ2) is 5.31. The van der Waals surface area contributed by atoms with Crippen LogP contribution in [0.5, 0.6) is 0 Å². The maximum Gasteiger partial charge on any atom is 0.255 e. The molecular formula is C13H20ClN3O. The van der Waals surface area contributed by atoms with Crippen molar-refractivity contribution in [1.82, 2.24) is 15.5 Å². The number of hydrogen-bond acceptors (Lipinski definition) is 2. The molecule has 100 valence electrons. The summed E-state index contributed by atoms with van der Waals surface area (Å²) in [6.07, 6.45) is 5.73. The van der Waals surface area contributed by atoms with E-state index in [1.165, 1.54) is 0 Å². The molecule has 0 saturated heterocycles. The zero-order valence-electron chi connectivity index (χ0n) is 10.9. The van der Waals surface area contributed by atoms with Crippen LogP contribution in [0.1, 0.15) is 48.7 Å². The first-order chi connectivity index (χ1) is 8.56. The topological polar surface area (TPSA) is 57.8 Å². The van der Waals surface area contributed by atoms with Crippen LogP contribution < -0.4 is 5.32 Å². The van der Waals surface area contributed by atoms with Crippen molar-refractivity contribution >= 4 is 17.5 Å². The lowest BCUT2D eigenvalue weighted by atomic mass is 9.78. The molecule has 2 N–H and O–H groups in total. The Balaban J connectivity index is 2.07. The molecule has 0 spiro atoms. The first kappa shape index (κ1) is 13.4. The molecule has 5 heteroatoms. The Bertz CT molecular complexity index is 422. The Morgan fingerprint density at radius 3 is 2.78 bits per heavy atom. The molecule has 0 aliphatic heterocycles. The number of rotatable bonds is 3. The van der Waals surface area contributed by atoms with E-state index in [0.717, 1.165) is 37.3 Å². The molecule has 4 nitrogen and oxygen atoms in total. The molecule has 0 atom stereocenters. The average molecular weight is 270 g/mol. The molecule has 1 saturated carbocycles. The zero-order valence-corrected chi connectivity index (χ0v) is 11.7. The van der Waals surface area contributed by atoms with E-state index in [1.807, 2.05) is 6.92 Å². The SMILES string of the molecule is Cc1[nH]ncc1C(=O)NC1(CCl)CCC(C)CC1. The molecule has 0 unspecified atom stereocenters. The average Bonchev–Trinajstić information content (AvgIpc) is 2.79. The van der Waals surface area contributed by atoms with Crippen LogP contribution in [-0.4, -0.2) is 27.5 Å². The highest BCUT2D eigenvalue weighted by Gasteiger charge is 2.35. The van der Waals surface area contributed by atoms with Crippen molar-refractivity contribution in [3.8, 4) is 0 Å². The number of H-pyrrole nitrogens is 1. The molecule has 0 bridgehead atoms. The van der Waals surface area contributed by atoms with E-state index in [9.17, 15) is 4.79 Å². The van der Waals surface area contributed by atoms with Gasteiger partial charge in [0.05, 0.1) is 17.3 Å². The van der Waals surface area contributed by atoms with Gasteiger partial charge in [-0.05, 0) is 38.5 Å². The fourth-order valence-corrected chi connectivity index (χ4v) is 2.83. The van der Waals surface area contributed by atoms with Gasteiger partial charge in [0.2, 0.25) is 0 Å². The van der Waals surface area contributed by atoms with Gasteiger partial charge in [-0.1, -0.05) is 6.92 Å². The maximum absolute atomic E-state index is 12.2. The fraction of sp³-hybridized carbons (Fsp3) is 0.692. The number of halogens is 1. The molecule has 1 fully saturated rings. The first-order valence-corrected chi connectivity index (χ1v) is 6.98. The third-order valence-corrected chi connectivity index (χ3v) is 4.45. The summed E-state index contributed by atoms with van der Waals surface area (Å²) >= 11 is 6.09. The number of nitrogens with one attached hydrogen (secondary N) is 2. The number of aromatic nitrogens is 2. The van der Waals surface area contributed by atoms with Crippen LogP contribution in [0.15, 0.2) is 6.20 Å². The zero-order chi connectivity index (χ0) is 13.2. The monoisotopic (exact) mass is 269 g/mol. The summed E-state index contributed by atoms with van der Waals surface area (Å²) in [4.78, 5) is 12.2. The number of aryl methyl sites for hydroxylation is 1. The highest BCUT2D eigenvalue weighted by atomic mass is 35.5. The van der Waals surface area contributed by atoms with Crippen molar-refractivity contribution in [1.29, 1.82) is 0 Å². The number of carbonyl (C=O) groups excluding carboxylic acids is 1. The van der Waals surface area contributed by atoms with Gasteiger partial charge in [-0.25, -0.2) is 0 Å². The lowest BCUT2D eigenvalue weighted by molar-refractivity contribution is 0.0872. The van der Waals surface area contributed by atoms with E-state index >= 15 is 0 Å². The normalized spacial score (nSPS) is 28.1. The summed E-state index contributed by atoms with van der Waals surface area (Å²) in [5.41, 5.74) is 1.16. The van der Waals surface area contributed by atoms with Gasteiger partial charge in [-0.3, -0.25) is 9.89 Å². The highest BCUT2D eigenvalue weighted by molar-refractivity contribution is 6.19. The Kier molecular flexibility index (Phi) is 3.95. The van der Waals surface area contributed by atoms with Crippen LogP contribution in [0.4, 0.5) is 0 Å². The van der Waals surface area contributed by atoms with Crippen LogP contribution in [0, 0.1) is 12.8 Å². The number of amides is 1. The van der Waals surface area contributed by atoms with Crippen LogP contribution >= 0.6 is 11.6 Å². The molecular weight excluding hydrogens is 250 g/mol. The van der Waals surface area contributed by atoms with Crippen LogP contribution in [0.3, 0.4) is 0 Å². The van der Waals surface area contributed by atoms with Crippen molar-refractivity contribution in [2.24, 2.45) is 5.92 Å². The minimum Gasteiger partial charge on any atom is -0.345 e. The standard InChI is InChI=1S/C13H20ClN3O/c1-9-3-5-13(8-14,6-4-9)16-12(18)11-7-15-17-10(11)2/h7,9H,3-6,8H2,1-2H3,(H,15,17)(H,16,18). The van der Waals surface area contributed by atoms with Crippen molar-refractivity contribution in [3.63, 3.8) is 0 Å². The predicted octanol–water partition coefficient (Wildman–Crippen LogP) is 2.64. The first-order valence-electron chi connectivity index (χ1n) is 6.45. The van der Waals surface area contributed by atoms with Gasteiger partial charge in [0.25, 0.3) is 5.91 Å². The lowest BCUT2D eigenvalue weighted by Crippen LogP contribution is -2.52. The fourth-order valence-electron chi connectivity index (χ4n) is 2.49. The maximum atomic E-state index is 12.2. The van der Waals surface area contributed by atoms with E-state index in [2.05, 4.69) is 22.4 Å². The molecule has 1 aliphatic carbocycles. The van der Waals surface area contributed by atoms with E-state index in [0.29, 0.717) is 11.4 Å². The summed E-state index contributed by atoms with van der Waals surface area (Å²) in [5, 5.41) is 9.77. The van der Waals surface area contributed by atoms with Gasteiger partial charge >= 0.3 is 0 Å². The summed E-state index contributed by atoms with van der Waals surface area (Å²) in [6.45, 7) is 4.10. The second-order valence-corrected chi connectivity index (χ2v) is 5.73. The van der Waals surface area contributed by atoms with Crippen molar-refractivity contribution in [3.05, 3.63) is 17.5 Å². The summed E-state index contributed by atoms with van der Waals surface area (Å²) < 4.78 is 0. The molecule has 0 aromatic carbocycles. The number of hydrogen-bond donors (Lipinski definition) is 2. The smallest absolute Gasteiger partial charge is 0.255 e. The molecule has 1 amide bonds.